The third-order valence-electron chi connectivity index (χ3n) is 4.85. The normalized spacial score (nSPS) is 14.8. The second-order valence-corrected chi connectivity index (χ2v) is 8.09. The fourth-order valence-electron chi connectivity index (χ4n) is 3.21. The molecule has 4 rings (SSSR count). The van der Waals surface area contributed by atoms with Crippen LogP contribution in [0.2, 0.25) is 0 Å². The highest BCUT2D eigenvalue weighted by Crippen LogP contribution is 2.28. The van der Waals surface area contributed by atoms with E-state index in [1.54, 1.807) is 49.4 Å². The molecule has 1 N–H and O–H groups in total. The number of aryl methyl sites for hydroxylation is 1. The number of benzene rings is 2. The van der Waals surface area contributed by atoms with Crippen molar-refractivity contribution in [2.24, 2.45) is 0 Å². The van der Waals surface area contributed by atoms with Crippen LogP contribution in [0.4, 0.5) is 16.2 Å². The standard InChI is InChI=1S/C23H15BrN4O6/c1-13-10-15(24)4-8-19(13)27-22(30)18(21(29)26-23(27)31)11-14-2-6-17(7-3-14)34-20-9-5-16(12-25-20)28(32)33/h2-12H,1H3,(H,26,29,31)/b18-11+. The molecule has 1 aliphatic heterocycles. The molecule has 2 heterocycles. The van der Waals surface area contributed by atoms with Gasteiger partial charge in [0.15, 0.2) is 0 Å². The van der Waals surface area contributed by atoms with Crippen LogP contribution in [0.3, 0.4) is 0 Å². The van der Waals surface area contributed by atoms with Gasteiger partial charge in [0, 0.05) is 16.6 Å². The predicted octanol–water partition coefficient (Wildman–Crippen LogP) is 4.52. The Kier molecular flexibility index (Phi) is 6.19. The Morgan fingerprint density at radius 1 is 1.09 bits per heavy atom. The lowest BCUT2D eigenvalue weighted by Crippen LogP contribution is -2.54. The van der Waals surface area contributed by atoms with Crippen LogP contribution in [0.5, 0.6) is 11.6 Å². The molecule has 1 aromatic heterocycles. The van der Waals surface area contributed by atoms with Gasteiger partial charge in [0.05, 0.1) is 10.6 Å². The van der Waals surface area contributed by atoms with Crippen LogP contribution in [-0.4, -0.2) is 27.8 Å². The first-order valence-corrected chi connectivity index (χ1v) is 10.6. The molecule has 0 aliphatic carbocycles. The van der Waals surface area contributed by atoms with Crippen molar-refractivity contribution in [3.05, 3.63) is 92.1 Å². The van der Waals surface area contributed by atoms with Crippen LogP contribution in [0.1, 0.15) is 11.1 Å². The second kappa shape index (κ2) is 9.24. The van der Waals surface area contributed by atoms with Crippen LogP contribution in [0.25, 0.3) is 6.08 Å². The summed E-state index contributed by atoms with van der Waals surface area (Å²) in [6.45, 7) is 1.75. The molecule has 0 spiro atoms. The number of amides is 4. The quantitative estimate of drug-likeness (QED) is 0.225. The molecule has 3 aromatic rings. The number of nitro groups is 1. The van der Waals surface area contributed by atoms with E-state index in [0.717, 1.165) is 15.6 Å². The third kappa shape index (κ3) is 4.69. The van der Waals surface area contributed by atoms with Crippen molar-refractivity contribution in [3.8, 4) is 11.6 Å². The lowest BCUT2D eigenvalue weighted by Gasteiger charge is -2.27. The van der Waals surface area contributed by atoms with Gasteiger partial charge in [0.2, 0.25) is 5.88 Å². The van der Waals surface area contributed by atoms with E-state index in [1.807, 2.05) is 0 Å². The Morgan fingerprint density at radius 3 is 2.44 bits per heavy atom. The van der Waals surface area contributed by atoms with Gasteiger partial charge in [0.25, 0.3) is 17.5 Å². The molecule has 1 fully saturated rings. The number of halogens is 1. The number of barbiturate groups is 1. The molecule has 0 radical (unpaired) electrons. The Balaban J connectivity index is 1.56. The number of ether oxygens (including phenoxy) is 1. The monoisotopic (exact) mass is 522 g/mol. The van der Waals surface area contributed by atoms with Gasteiger partial charge in [-0.25, -0.2) is 14.7 Å². The van der Waals surface area contributed by atoms with Crippen molar-refractivity contribution in [2.75, 3.05) is 4.90 Å². The average molecular weight is 523 g/mol. The van der Waals surface area contributed by atoms with E-state index in [0.29, 0.717) is 22.6 Å². The number of urea groups is 1. The first kappa shape index (κ1) is 22.8. The summed E-state index contributed by atoms with van der Waals surface area (Å²) in [5.74, 6) is -0.978. The van der Waals surface area contributed by atoms with E-state index < -0.39 is 22.8 Å². The summed E-state index contributed by atoms with van der Waals surface area (Å²) in [6.07, 6.45) is 2.46. The summed E-state index contributed by atoms with van der Waals surface area (Å²) >= 11 is 3.34. The van der Waals surface area contributed by atoms with Gasteiger partial charge in [-0.2, -0.15) is 0 Å². The first-order chi connectivity index (χ1) is 16.2. The minimum Gasteiger partial charge on any atom is -0.439 e. The van der Waals surface area contributed by atoms with Crippen molar-refractivity contribution in [1.29, 1.82) is 0 Å². The maximum Gasteiger partial charge on any atom is 0.335 e. The molecule has 0 unspecified atom stereocenters. The molecular weight excluding hydrogens is 508 g/mol. The lowest BCUT2D eigenvalue weighted by atomic mass is 10.1. The zero-order valence-corrected chi connectivity index (χ0v) is 19.1. The Hall–Kier alpha value is -4.38. The van der Waals surface area contributed by atoms with Crippen molar-refractivity contribution in [1.82, 2.24) is 10.3 Å². The molecular formula is C23H15BrN4O6. The number of carbonyl (C=O) groups is 3. The summed E-state index contributed by atoms with van der Waals surface area (Å²) in [5, 5.41) is 12.9. The number of carbonyl (C=O) groups excluding carboxylic acids is 3. The van der Waals surface area contributed by atoms with E-state index in [-0.39, 0.29) is 17.1 Å². The molecule has 0 saturated carbocycles. The minimum absolute atomic E-state index is 0.157. The fraction of sp³-hybridized carbons (Fsp3) is 0.0435. The highest BCUT2D eigenvalue weighted by Gasteiger charge is 2.37. The molecule has 34 heavy (non-hydrogen) atoms. The molecule has 4 amide bonds. The van der Waals surface area contributed by atoms with Crippen LogP contribution < -0.4 is 15.0 Å². The van der Waals surface area contributed by atoms with E-state index in [1.165, 1.54) is 18.2 Å². The molecule has 0 atom stereocenters. The zero-order valence-electron chi connectivity index (χ0n) is 17.5. The summed E-state index contributed by atoms with van der Waals surface area (Å²) in [6, 6.07) is 13.3. The van der Waals surface area contributed by atoms with E-state index in [2.05, 4.69) is 26.2 Å². The smallest absolute Gasteiger partial charge is 0.335 e. The number of hydrogen-bond acceptors (Lipinski definition) is 7. The van der Waals surface area contributed by atoms with Crippen molar-refractivity contribution in [3.63, 3.8) is 0 Å². The highest BCUT2D eigenvalue weighted by atomic mass is 79.9. The van der Waals surface area contributed by atoms with Crippen LogP contribution in [0, 0.1) is 17.0 Å². The topological polar surface area (TPSA) is 132 Å². The largest absolute Gasteiger partial charge is 0.439 e. The van der Waals surface area contributed by atoms with Gasteiger partial charge in [-0.3, -0.25) is 25.0 Å². The summed E-state index contributed by atoms with van der Waals surface area (Å²) < 4.78 is 6.34. The number of rotatable bonds is 5. The number of nitrogens with zero attached hydrogens (tertiary/aromatic N) is 3. The Morgan fingerprint density at radius 2 is 1.82 bits per heavy atom. The number of pyridine rings is 1. The predicted molar refractivity (Wildman–Crippen MR) is 125 cm³/mol. The summed E-state index contributed by atoms with van der Waals surface area (Å²) in [5.41, 5.74) is 1.20. The molecule has 0 bridgehead atoms. The van der Waals surface area contributed by atoms with E-state index >= 15 is 0 Å². The molecule has 2 aromatic carbocycles. The number of imide groups is 2. The van der Waals surface area contributed by atoms with E-state index in [4.69, 9.17) is 4.74 Å². The van der Waals surface area contributed by atoms with Crippen LogP contribution in [0.15, 0.2) is 70.8 Å². The Bertz CT molecular complexity index is 1350. The number of nitrogens with one attached hydrogen (secondary N) is 1. The van der Waals surface area contributed by atoms with Crippen molar-refractivity contribution in [2.45, 2.75) is 6.92 Å². The maximum atomic E-state index is 13.1. The lowest BCUT2D eigenvalue weighted by molar-refractivity contribution is -0.385. The van der Waals surface area contributed by atoms with E-state index in [9.17, 15) is 24.5 Å². The first-order valence-electron chi connectivity index (χ1n) is 9.79. The van der Waals surface area contributed by atoms with Gasteiger partial charge in [-0.05, 0) is 54.5 Å². The number of aromatic nitrogens is 1. The maximum absolute atomic E-state index is 13.1. The van der Waals surface area contributed by atoms with Crippen molar-refractivity contribution >= 4 is 51.2 Å². The van der Waals surface area contributed by atoms with Crippen LogP contribution >= 0.6 is 15.9 Å². The Labute approximate surface area is 201 Å². The van der Waals surface area contributed by atoms with Gasteiger partial charge in [-0.15, -0.1) is 0 Å². The summed E-state index contributed by atoms with van der Waals surface area (Å²) in [7, 11) is 0. The van der Waals surface area contributed by atoms with Gasteiger partial charge in [0.1, 0.15) is 17.5 Å². The molecule has 1 aliphatic rings. The van der Waals surface area contributed by atoms with Crippen molar-refractivity contribution < 1.29 is 24.0 Å². The third-order valence-corrected chi connectivity index (χ3v) is 5.34. The van der Waals surface area contributed by atoms with Gasteiger partial charge < -0.3 is 4.74 Å². The fourth-order valence-corrected chi connectivity index (χ4v) is 3.68. The molecule has 10 nitrogen and oxygen atoms in total. The minimum atomic E-state index is -0.822. The van der Waals surface area contributed by atoms with Gasteiger partial charge in [-0.1, -0.05) is 28.1 Å². The summed E-state index contributed by atoms with van der Waals surface area (Å²) in [4.78, 5) is 52.8. The zero-order chi connectivity index (χ0) is 24.4. The molecule has 11 heteroatoms. The highest BCUT2D eigenvalue weighted by molar-refractivity contribution is 9.10. The second-order valence-electron chi connectivity index (χ2n) is 7.17. The van der Waals surface area contributed by atoms with Crippen LogP contribution in [-0.2, 0) is 9.59 Å². The number of anilines is 1. The molecule has 170 valence electrons. The van der Waals surface area contributed by atoms with Gasteiger partial charge >= 0.3 is 6.03 Å². The number of hydrogen-bond donors (Lipinski definition) is 1. The molecule has 1 saturated heterocycles. The average Bonchev–Trinajstić information content (AvgIpc) is 2.79. The SMILES string of the molecule is Cc1cc(Br)ccc1N1C(=O)NC(=O)/C(=C\c2ccc(Oc3ccc([N+](=O)[O-])cn3)cc2)C1=O.